The van der Waals surface area contributed by atoms with Crippen LogP contribution < -0.4 is 4.74 Å². The van der Waals surface area contributed by atoms with Crippen LogP contribution in [0.4, 0.5) is 10.1 Å². The van der Waals surface area contributed by atoms with E-state index in [-0.39, 0.29) is 24.0 Å². The minimum Gasteiger partial charge on any atom is -0.460 e. The average Bonchev–Trinajstić information content (AvgIpc) is 2.95. The Morgan fingerprint density at radius 2 is 2.13 bits per heavy atom. The van der Waals surface area contributed by atoms with Gasteiger partial charge in [-0.2, -0.15) is 0 Å². The van der Waals surface area contributed by atoms with Gasteiger partial charge in [0.2, 0.25) is 0 Å². The Morgan fingerprint density at radius 3 is 2.87 bits per heavy atom. The molecule has 0 saturated heterocycles. The van der Waals surface area contributed by atoms with Crippen molar-refractivity contribution in [3.05, 3.63) is 52.3 Å². The number of methoxy groups -OCH3 is 1. The van der Waals surface area contributed by atoms with Crippen molar-refractivity contribution >= 4 is 27.2 Å². The van der Waals surface area contributed by atoms with Crippen molar-refractivity contribution in [2.24, 2.45) is 0 Å². The van der Waals surface area contributed by atoms with Gasteiger partial charge < -0.3 is 9.47 Å². The molecule has 0 aliphatic carbocycles. The largest absolute Gasteiger partial charge is 0.460 e. The van der Waals surface area contributed by atoms with Crippen molar-refractivity contribution in [2.45, 2.75) is 0 Å². The summed E-state index contributed by atoms with van der Waals surface area (Å²) in [4.78, 5) is 15.1. The molecule has 2 aromatic carbocycles. The molecule has 8 heteroatoms. The van der Waals surface area contributed by atoms with Crippen molar-refractivity contribution in [1.29, 1.82) is 0 Å². The van der Waals surface area contributed by atoms with E-state index in [4.69, 9.17) is 9.47 Å². The molecule has 1 aromatic heterocycles. The molecule has 0 fully saturated rings. The third-order valence-electron chi connectivity index (χ3n) is 3.09. The lowest BCUT2D eigenvalue weighted by atomic mass is 10.2. The number of nitrogens with zero attached hydrogens (tertiary/aromatic N) is 2. The highest BCUT2D eigenvalue weighted by Gasteiger charge is 2.18. The molecule has 118 valence electrons. The van der Waals surface area contributed by atoms with Crippen LogP contribution in [0.1, 0.15) is 0 Å². The van der Waals surface area contributed by atoms with Crippen LogP contribution >= 0.6 is 11.3 Å². The number of rotatable bonds is 5. The Balaban J connectivity index is 2.04. The van der Waals surface area contributed by atoms with Crippen molar-refractivity contribution < 1.29 is 18.8 Å². The number of nitro groups is 1. The number of halogens is 1. The van der Waals surface area contributed by atoms with Gasteiger partial charge in [-0.25, -0.2) is 9.37 Å². The molecule has 0 bridgehead atoms. The number of ether oxygens (including phenoxy) is 2. The molecule has 6 nitrogen and oxygen atoms in total. The quantitative estimate of drug-likeness (QED) is 0.400. The standard InChI is InChI=1S/C15H11FN2O4S/c1-21-8-22-13-5-2-9(6-12(13)18(19)20)15-17-11-4-3-10(16)7-14(11)23-15/h2-7H,8H2,1H3. The van der Waals surface area contributed by atoms with E-state index in [0.717, 1.165) is 0 Å². The van der Waals surface area contributed by atoms with Crippen LogP contribution in [0.25, 0.3) is 20.8 Å². The van der Waals surface area contributed by atoms with Crippen LogP contribution in [0, 0.1) is 15.9 Å². The lowest BCUT2D eigenvalue weighted by molar-refractivity contribution is -0.386. The highest BCUT2D eigenvalue weighted by Crippen LogP contribution is 2.36. The molecule has 0 unspecified atom stereocenters. The van der Waals surface area contributed by atoms with E-state index in [2.05, 4.69) is 4.98 Å². The number of benzene rings is 2. The minimum atomic E-state index is -0.526. The van der Waals surface area contributed by atoms with Crippen LogP contribution in [-0.4, -0.2) is 23.8 Å². The Bertz CT molecular complexity index is 881. The zero-order chi connectivity index (χ0) is 16.4. The lowest BCUT2D eigenvalue weighted by Crippen LogP contribution is -2.02. The van der Waals surface area contributed by atoms with E-state index in [1.165, 1.54) is 42.7 Å². The second-order valence-electron chi connectivity index (χ2n) is 4.62. The van der Waals surface area contributed by atoms with Gasteiger partial charge in [0.05, 0.1) is 15.1 Å². The topological polar surface area (TPSA) is 74.5 Å². The maximum absolute atomic E-state index is 13.3. The Hall–Kier alpha value is -2.58. The number of thiazole rings is 1. The second kappa shape index (κ2) is 6.27. The Morgan fingerprint density at radius 1 is 1.30 bits per heavy atom. The summed E-state index contributed by atoms with van der Waals surface area (Å²) in [6, 6.07) is 8.86. The zero-order valence-corrected chi connectivity index (χ0v) is 12.8. The van der Waals surface area contributed by atoms with Crippen LogP contribution in [0.2, 0.25) is 0 Å². The number of hydrogen-bond acceptors (Lipinski definition) is 6. The van der Waals surface area contributed by atoms with E-state index in [9.17, 15) is 14.5 Å². The van der Waals surface area contributed by atoms with Gasteiger partial charge in [-0.3, -0.25) is 10.1 Å². The van der Waals surface area contributed by atoms with Crippen molar-refractivity contribution in [3.8, 4) is 16.3 Å². The zero-order valence-electron chi connectivity index (χ0n) is 12.0. The first kappa shape index (κ1) is 15.3. The molecule has 0 N–H and O–H groups in total. The fourth-order valence-electron chi connectivity index (χ4n) is 2.06. The molecule has 23 heavy (non-hydrogen) atoms. The van der Waals surface area contributed by atoms with Gasteiger partial charge in [-0.05, 0) is 30.3 Å². The van der Waals surface area contributed by atoms with Crippen molar-refractivity contribution in [1.82, 2.24) is 4.98 Å². The summed E-state index contributed by atoms with van der Waals surface area (Å²) in [5, 5.41) is 11.8. The van der Waals surface area contributed by atoms with Gasteiger partial charge in [0.25, 0.3) is 0 Å². The number of aromatic nitrogens is 1. The SMILES string of the molecule is COCOc1ccc(-c2nc3ccc(F)cc3s2)cc1[N+](=O)[O-]. The summed E-state index contributed by atoms with van der Waals surface area (Å²) in [6.45, 7) is -0.0827. The van der Waals surface area contributed by atoms with Crippen LogP contribution in [0.15, 0.2) is 36.4 Å². The highest BCUT2D eigenvalue weighted by atomic mass is 32.1. The van der Waals surface area contributed by atoms with E-state index >= 15 is 0 Å². The van der Waals surface area contributed by atoms with Gasteiger partial charge >= 0.3 is 5.69 Å². The molecule has 0 aliphatic heterocycles. The highest BCUT2D eigenvalue weighted by molar-refractivity contribution is 7.21. The molecule has 3 rings (SSSR count). The molecule has 3 aromatic rings. The fraction of sp³-hybridized carbons (Fsp3) is 0.133. The third-order valence-corrected chi connectivity index (χ3v) is 4.15. The van der Waals surface area contributed by atoms with Crippen molar-refractivity contribution in [3.63, 3.8) is 0 Å². The summed E-state index contributed by atoms with van der Waals surface area (Å²) < 4.78 is 23.9. The lowest BCUT2D eigenvalue weighted by Gasteiger charge is -2.06. The average molecular weight is 334 g/mol. The molecule has 0 spiro atoms. The van der Waals surface area contributed by atoms with Crippen LogP contribution in [0.5, 0.6) is 5.75 Å². The molecule has 0 atom stereocenters. The van der Waals surface area contributed by atoms with Crippen molar-refractivity contribution in [2.75, 3.05) is 13.9 Å². The predicted molar refractivity (Wildman–Crippen MR) is 84.2 cm³/mol. The molecule has 0 amide bonds. The number of hydrogen-bond donors (Lipinski definition) is 0. The maximum atomic E-state index is 13.3. The summed E-state index contributed by atoms with van der Waals surface area (Å²) in [6.07, 6.45) is 0. The van der Waals surface area contributed by atoms with E-state index < -0.39 is 4.92 Å². The minimum absolute atomic E-state index is 0.0827. The van der Waals surface area contributed by atoms with Gasteiger partial charge in [0.1, 0.15) is 10.8 Å². The molecule has 1 heterocycles. The second-order valence-corrected chi connectivity index (χ2v) is 5.65. The predicted octanol–water partition coefficient (Wildman–Crippen LogP) is 3.99. The van der Waals surface area contributed by atoms with Gasteiger partial charge in [0, 0.05) is 18.7 Å². The summed E-state index contributed by atoms with van der Waals surface area (Å²) in [5.41, 5.74) is 1.04. The number of nitro benzene ring substituents is 1. The monoisotopic (exact) mass is 334 g/mol. The van der Waals surface area contributed by atoms with E-state index in [0.29, 0.717) is 20.8 Å². The molecular weight excluding hydrogens is 323 g/mol. The smallest absolute Gasteiger partial charge is 0.311 e. The van der Waals surface area contributed by atoms with Gasteiger partial charge in [-0.1, -0.05) is 0 Å². The summed E-state index contributed by atoms with van der Waals surface area (Å²) in [7, 11) is 1.43. The number of fused-ring (bicyclic) bond motifs is 1. The molecular formula is C15H11FN2O4S. The molecule has 0 saturated carbocycles. The normalized spacial score (nSPS) is 10.9. The fourth-order valence-corrected chi connectivity index (χ4v) is 3.05. The molecule has 0 aliphatic rings. The van der Waals surface area contributed by atoms with Crippen LogP contribution in [-0.2, 0) is 4.74 Å². The Kier molecular flexibility index (Phi) is 4.18. The molecule has 0 radical (unpaired) electrons. The summed E-state index contributed by atoms with van der Waals surface area (Å²) >= 11 is 1.27. The first-order chi connectivity index (χ1) is 11.1. The van der Waals surface area contributed by atoms with Crippen LogP contribution in [0.3, 0.4) is 0 Å². The first-order valence-corrected chi connectivity index (χ1v) is 7.37. The Labute approximate surface area is 134 Å². The van der Waals surface area contributed by atoms with Gasteiger partial charge in [0.15, 0.2) is 12.5 Å². The van der Waals surface area contributed by atoms with E-state index in [1.54, 1.807) is 12.1 Å². The first-order valence-electron chi connectivity index (χ1n) is 6.55. The van der Waals surface area contributed by atoms with E-state index in [1.807, 2.05) is 0 Å². The maximum Gasteiger partial charge on any atom is 0.311 e. The summed E-state index contributed by atoms with van der Waals surface area (Å²) in [5.74, 6) is -0.227. The third kappa shape index (κ3) is 3.13. The van der Waals surface area contributed by atoms with Gasteiger partial charge in [-0.15, -0.1) is 11.3 Å².